The average Bonchev–Trinajstić information content (AvgIpc) is 3.34. The molecule has 0 spiro atoms. The number of amides is 1. The lowest BCUT2D eigenvalue weighted by molar-refractivity contribution is 0.0417. The third-order valence-electron chi connectivity index (χ3n) is 8.53. The van der Waals surface area contributed by atoms with Crippen molar-refractivity contribution in [3.05, 3.63) is 47.5 Å². The summed E-state index contributed by atoms with van der Waals surface area (Å²) in [6.07, 6.45) is 3.33. The van der Waals surface area contributed by atoms with Gasteiger partial charge in [0, 0.05) is 66.0 Å². The Morgan fingerprint density at radius 1 is 0.947 bits per heavy atom. The van der Waals surface area contributed by atoms with Gasteiger partial charge in [-0.15, -0.1) is 0 Å². The highest BCUT2D eigenvalue weighted by atomic mass is 16.5. The summed E-state index contributed by atoms with van der Waals surface area (Å²) in [5, 5.41) is 1.11. The molecule has 2 aromatic carbocycles. The van der Waals surface area contributed by atoms with Gasteiger partial charge in [0.15, 0.2) is 11.5 Å². The van der Waals surface area contributed by atoms with Gasteiger partial charge in [0.05, 0.1) is 14.2 Å². The number of rotatable bonds is 7. The fourth-order valence-electron chi connectivity index (χ4n) is 6.23. The molecule has 7 heteroatoms. The predicted molar refractivity (Wildman–Crippen MR) is 153 cm³/mol. The van der Waals surface area contributed by atoms with Crippen molar-refractivity contribution in [1.82, 2.24) is 19.7 Å². The lowest BCUT2D eigenvalue weighted by Gasteiger charge is -2.43. The Labute approximate surface area is 226 Å². The van der Waals surface area contributed by atoms with Crippen LogP contribution in [0.4, 0.5) is 0 Å². The standard InChI is InChI=1S/C31H42N4O3/c1-6-25-26-19-23(7-9-27(26)32-30(25)22-8-10-28(37-4)29(20-22)38-5)31(36)35-17-15-34(16-18-35)24-11-13-33(14-12-24)21(2)3/h7-10,19-21,24,32H,6,11-18H2,1-5H3. The molecule has 0 aliphatic carbocycles. The van der Waals surface area contributed by atoms with Crippen LogP contribution in [0.2, 0.25) is 0 Å². The second-order valence-electron chi connectivity index (χ2n) is 10.9. The van der Waals surface area contributed by atoms with Gasteiger partial charge in [-0.1, -0.05) is 6.92 Å². The Morgan fingerprint density at radius 3 is 2.29 bits per heavy atom. The molecule has 5 rings (SSSR count). The van der Waals surface area contributed by atoms with E-state index in [1.165, 1.54) is 31.5 Å². The van der Waals surface area contributed by atoms with Gasteiger partial charge < -0.3 is 24.3 Å². The number of hydrogen-bond acceptors (Lipinski definition) is 5. The molecular weight excluding hydrogens is 476 g/mol. The molecule has 3 heterocycles. The van der Waals surface area contributed by atoms with Crippen LogP contribution in [0, 0.1) is 0 Å². The van der Waals surface area contributed by atoms with E-state index in [0.717, 1.165) is 60.3 Å². The van der Waals surface area contributed by atoms with Crippen LogP contribution in [-0.4, -0.2) is 91.2 Å². The second kappa shape index (κ2) is 11.4. The first-order chi connectivity index (χ1) is 18.4. The molecule has 38 heavy (non-hydrogen) atoms. The van der Waals surface area contributed by atoms with Gasteiger partial charge in [0.1, 0.15) is 0 Å². The number of likely N-dealkylation sites (tertiary alicyclic amines) is 1. The molecular formula is C31H42N4O3. The molecule has 2 fully saturated rings. The van der Waals surface area contributed by atoms with E-state index in [1.54, 1.807) is 14.2 Å². The van der Waals surface area contributed by atoms with Crippen molar-refractivity contribution in [3.8, 4) is 22.8 Å². The van der Waals surface area contributed by atoms with Crippen molar-refractivity contribution in [1.29, 1.82) is 0 Å². The van der Waals surface area contributed by atoms with Gasteiger partial charge in [0.25, 0.3) is 5.91 Å². The summed E-state index contributed by atoms with van der Waals surface area (Å²) in [5.41, 5.74) is 5.12. The molecule has 1 aromatic heterocycles. The first-order valence-corrected chi connectivity index (χ1v) is 14.1. The van der Waals surface area contributed by atoms with Crippen molar-refractivity contribution in [3.63, 3.8) is 0 Å². The Balaban J connectivity index is 1.30. The van der Waals surface area contributed by atoms with Crippen LogP contribution in [-0.2, 0) is 6.42 Å². The van der Waals surface area contributed by atoms with Crippen LogP contribution in [0.1, 0.15) is 49.5 Å². The maximum Gasteiger partial charge on any atom is 0.253 e. The van der Waals surface area contributed by atoms with Crippen LogP contribution >= 0.6 is 0 Å². The van der Waals surface area contributed by atoms with E-state index in [1.807, 2.05) is 35.2 Å². The van der Waals surface area contributed by atoms with Crippen molar-refractivity contribution >= 4 is 16.8 Å². The summed E-state index contributed by atoms with van der Waals surface area (Å²) in [7, 11) is 3.30. The van der Waals surface area contributed by atoms with Gasteiger partial charge in [-0.3, -0.25) is 9.69 Å². The molecule has 2 aliphatic rings. The van der Waals surface area contributed by atoms with E-state index >= 15 is 0 Å². The highest BCUT2D eigenvalue weighted by Gasteiger charge is 2.30. The lowest BCUT2D eigenvalue weighted by atomic mass is 10.0. The molecule has 0 atom stereocenters. The number of benzene rings is 2. The van der Waals surface area contributed by atoms with E-state index in [2.05, 4.69) is 41.6 Å². The minimum absolute atomic E-state index is 0.136. The molecule has 0 radical (unpaired) electrons. The van der Waals surface area contributed by atoms with Crippen molar-refractivity contribution in [2.75, 3.05) is 53.5 Å². The largest absolute Gasteiger partial charge is 0.493 e. The summed E-state index contributed by atoms with van der Waals surface area (Å²) in [5.74, 6) is 1.54. The Hall–Kier alpha value is -3.03. The number of aromatic nitrogens is 1. The molecule has 3 aromatic rings. The molecule has 1 N–H and O–H groups in total. The number of carbonyl (C=O) groups is 1. The second-order valence-corrected chi connectivity index (χ2v) is 10.9. The number of piperidine rings is 1. The minimum Gasteiger partial charge on any atom is -0.493 e. The van der Waals surface area contributed by atoms with E-state index in [4.69, 9.17) is 9.47 Å². The zero-order valence-corrected chi connectivity index (χ0v) is 23.5. The Kier molecular flexibility index (Phi) is 7.96. The monoisotopic (exact) mass is 518 g/mol. The number of H-pyrrole nitrogens is 1. The summed E-state index contributed by atoms with van der Waals surface area (Å²) in [6, 6.07) is 13.3. The van der Waals surface area contributed by atoms with Crippen LogP contribution in [0.15, 0.2) is 36.4 Å². The van der Waals surface area contributed by atoms with Gasteiger partial charge in [-0.2, -0.15) is 0 Å². The maximum atomic E-state index is 13.5. The smallest absolute Gasteiger partial charge is 0.253 e. The molecule has 1 amide bonds. The fraction of sp³-hybridized carbons (Fsp3) is 0.516. The normalized spacial score (nSPS) is 17.9. The minimum atomic E-state index is 0.136. The molecule has 2 aliphatic heterocycles. The third kappa shape index (κ3) is 5.14. The van der Waals surface area contributed by atoms with E-state index in [-0.39, 0.29) is 5.91 Å². The van der Waals surface area contributed by atoms with Gasteiger partial charge in [-0.25, -0.2) is 0 Å². The Bertz CT molecular complexity index is 1270. The number of carbonyl (C=O) groups excluding carboxylic acids is 1. The van der Waals surface area contributed by atoms with Gasteiger partial charge in [0.2, 0.25) is 0 Å². The quantitative estimate of drug-likeness (QED) is 0.475. The topological polar surface area (TPSA) is 61.0 Å². The summed E-state index contributed by atoms with van der Waals surface area (Å²) in [4.78, 5) is 24.3. The highest BCUT2D eigenvalue weighted by molar-refractivity contribution is 6.00. The Morgan fingerprint density at radius 2 is 1.66 bits per heavy atom. The molecule has 0 saturated carbocycles. The number of piperazine rings is 1. The number of fused-ring (bicyclic) bond motifs is 1. The number of ether oxygens (including phenoxy) is 2. The molecule has 0 bridgehead atoms. The number of aryl methyl sites for hydroxylation is 1. The molecule has 0 unspecified atom stereocenters. The average molecular weight is 519 g/mol. The van der Waals surface area contributed by atoms with E-state index < -0.39 is 0 Å². The van der Waals surface area contributed by atoms with Crippen LogP contribution in [0.25, 0.3) is 22.2 Å². The SMILES string of the molecule is CCc1c(-c2ccc(OC)c(OC)c2)[nH]c2ccc(C(=O)N3CCN(C4CCN(C(C)C)CC4)CC3)cc12. The number of methoxy groups -OCH3 is 2. The third-order valence-corrected chi connectivity index (χ3v) is 8.53. The van der Waals surface area contributed by atoms with Crippen molar-refractivity contribution < 1.29 is 14.3 Å². The highest BCUT2D eigenvalue weighted by Crippen LogP contribution is 2.36. The maximum absolute atomic E-state index is 13.5. The fourth-order valence-corrected chi connectivity index (χ4v) is 6.23. The molecule has 2 saturated heterocycles. The van der Waals surface area contributed by atoms with Crippen LogP contribution < -0.4 is 9.47 Å². The first-order valence-electron chi connectivity index (χ1n) is 14.1. The van der Waals surface area contributed by atoms with Crippen molar-refractivity contribution in [2.45, 2.75) is 52.1 Å². The summed E-state index contributed by atoms with van der Waals surface area (Å²) >= 11 is 0. The number of aromatic amines is 1. The number of nitrogens with zero attached hydrogens (tertiary/aromatic N) is 3. The van der Waals surface area contributed by atoms with Crippen LogP contribution in [0.5, 0.6) is 11.5 Å². The van der Waals surface area contributed by atoms with E-state index in [0.29, 0.717) is 23.6 Å². The predicted octanol–water partition coefficient (Wildman–Crippen LogP) is 5.05. The number of nitrogens with one attached hydrogen (secondary N) is 1. The lowest BCUT2D eigenvalue weighted by Crippen LogP contribution is -2.54. The first kappa shape index (κ1) is 26.6. The molecule has 7 nitrogen and oxygen atoms in total. The zero-order valence-electron chi connectivity index (χ0n) is 23.5. The molecule has 204 valence electrons. The summed E-state index contributed by atoms with van der Waals surface area (Å²) < 4.78 is 10.9. The van der Waals surface area contributed by atoms with Crippen molar-refractivity contribution in [2.24, 2.45) is 0 Å². The zero-order chi connectivity index (χ0) is 26.8. The van der Waals surface area contributed by atoms with Gasteiger partial charge >= 0.3 is 0 Å². The van der Waals surface area contributed by atoms with Crippen LogP contribution in [0.3, 0.4) is 0 Å². The van der Waals surface area contributed by atoms with E-state index in [9.17, 15) is 4.79 Å². The summed E-state index contributed by atoms with van der Waals surface area (Å²) in [6.45, 7) is 12.6. The van der Waals surface area contributed by atoms with Gasteiger partial charge in [-0.05, 0) is 88.2 Å². The number of hydrogen-bond donors (Lipinski definition) is 1.